The standard InChI is InChI=1S/C16H21O3.Zn/c1-11-9-12-14(2,3)13(17)5-6-15(12,4)16(10-11)18-7-8-19-16;/h6,9,11H,7-8,10H2,1-4H3;/q-1;/t11-,15+;/m1./s1. The first-order valence-electron chi connectivity index (χ1n) is 6.98. The summed E-state index contributed by atoms with van der Waals surface area (Å²) < 4.78 is 12.0. The maximum atomic E-state index is 12.2. The second kappa shape index (κ2) is 4.86. The zero-order chi connectivity index (χ0) is 13.9. The molecule has 3 rings (SSSR count). The first-order valence-corrected chi connectivity index (χ1v) is 6.98. The first-order chi connectivity index (χ1) is 8.82. The number of hydrogen-bond acceptors (Lipinski definition) is 3. The molecule has 106 valence electrons. The van der Waals surface area contributed by atoms with E-state index in [2.05, 4.69) is 26.0 Å². The SMILES string of the molecule is C[C@@H]1C=C2C(C)(C)C(=O)[C-]=C[C@]2(C)C2(C1)OCCO2.[Zn]. The molecule has 2 atom stereocenters. The van der Waals surface area contributed by atoms with E-state index in [4.69, 9.17) is 9.47 Å². The van der Waals surface area contributed by atoms with Gasteiger partial charge in [0.15, 0.2) is 5.79 Å². The Kier molecular flexibility index (Phi) is 3.91. The van der Waals surface area contributed by atoms with Gasteiger partial charge in [0, 0.05) is 36.7 Å². The average Bonchev–Trinajstić information content (AvgIpc) is 2.79. The maximum Gasteiger partial charge on any atom is 0.178 e. The van der Waals surface area contributed by atoms with Gasteiger partial charge >= 0.3 is 0 Å². The normalized spacial score (nSPS) is 37.3. The Labute approximate surface area is 133 Å². The van der Waals surface area contributed by atoms with E-state index < -0.39 is 16.6 Å². The third kappa shape index (κ3) is 1.92. The number of allylic oxidation sites excluding steroid dienone is 2. The summed E-state index contributed by atoms with van der Waals surface area (Å²) in [7, 11) is 0. The molecular weight excluding hydrogens is 306 g/mol. The van der Waals surface area contributed by atoms with Gasteiger partial charge in [-0.3, -0.25) is 0 Å². The molecule has 1 saturated heterocycles. The van der Waals surface area contributed by atoms with Crippen molar-refractivity contribution in [3.8, 4) is 0 Å². The Morgan fingerprint density at radius 2 is 1.85 bits per heavy atom. The van der Waals surface area contributed by atoms with Crippen LogP contribution in [0.4, 0.5) is 0 Å². The minimum atomic E-state index is -0.624. The predicted molar refractivity (Wildman–Crippen MR) is 71.2 cm³/mol. The Balaban J connectivity index is 0.00000147. The molecule has 4 heteroatoms. The molecule has 2 aliphatic carbocycles. The fourth-order valence-electron chi connectivity index (χ4n) is 3.79. The van der Waals surface area contributed by atoms with E-state index in [0.29, 0.717) is 19.1 Å². The molecule has 3 aliphatic rings. The Bertz CT molecular complexity index is 486. The average molecular weight is 327 g/mol. The van der Waals surface area contributed by atoms with Crippen LogP contribution in [0, 0.1) is 22.8 Å². The maximum absolute atomic E-state index is 12.2. The van der Waals surface area contributed by atoms with Crippen LogP contribution in [-0.4, -0.2) is 24.8 Å². The monoisotopic (exact) mass is 325 g/mol. The van der Waals surface area contributed by atoms with E-state index in [0.717, 1.165) is 12.0 Å². The van der Waals surface area contributed by atoms with Gasteiger partial charge in [0.25, 0.3) is 0 Å². The van der Waals surface area contributed by atoms with Crippen molar-refractivity contribution >= 4 is 5.78 Å². The van der Waals surface area contributed by atoms with Gasteiger partial charge in [0.05, 0.1) is 13.2 Å². The van der Waals surface area contributed by atoms with Gasteiger partial charge in [-0.25, -0.2) is 6.08 Å². The van der Waals surface area contributed by atoms with Crippen LogP contribution in [0.5, 0.6) is 0 Å². The largest absolute Gasteiger partial charge is 0.429 e. The van der Waals surface area contributed by atoms with Gasteiger partial charge < -0.3 is 20.3 Å². The van der Waals surface area contributed by atoms with Gasteiger partial charge in [0.2, 0.25) is 0 Å². The van der Waals surface area contributed by atoms with Crippen molar-refractivity contribution in [3.05, 3.63) is 23.8 Å². The van der Waals surface area contributed by atoms with Crippen molar-refractivity contribution in [2.45, 2.75) is 39.9 Å². The van der Waals surface area contributed by atoms with E-state index in [-0.39, 0.29) is 25.3 Å². The van der Waals surface area contributed by atoms with Crippen molar-refractivity contribution in [1.29, 1.82) is 0 Å². The molecule has 1 aliphatic heterocycles. The van der Waals surface area contributed by atoms with Crippen molar-refractivity contribution in [3.63, 3.8) is 0 Å². The van der Waals surface area contributed by atoms with Gasteiger partial charge in [-0.1, -0.05) is 32.4 Å². The minimum Gasteiger partial charge on any atom is -0.429 e. The third-order valence-electron chi connectivity index (χ3n) is 4.88. The first kappa shape index (κ1) is 16.1. The molecule has 0 aromatic rings. The van der Waals surface area contributed by atoms with Crippen molar-refractivity contribution < 1.29 is 33.7 Å². The summed E-state index contributed by atoms with van der Waals surface area (Å²) in [4.78, 5) is 12.2. The van der Waals surface area contributed by atoms with Crippen LogP contribution in [0.2, 0.25) is 0 Å². The number of carbonyl (C=O) groups excluding carboxylic acids is 1. The van der Waals surface area contributed by atoms with Crippen LogP contribution in [0.15, 0.2) is 17.7 Å². The van der Waals surface area contributed by atoms with Crippen LogP contribution in [0.3, 0.4) is 0 Å². The smallest absolute Gasteiger partial charge is 0.178 e. The number of ketones is 1. The molecule has 0 amide bonds. The number of carbonyl (C=O) groups is 1. The molecule has 1 spiro atoms. The minimum absolute atomic E-state index is 0. The summed E-state index contributed by atoms with van der Waals surface area (Å²) in [5.41, 5.74) is 0.192. The van der Waals surface area contributed by atoms with Crippen molar-refractivity contribution in [2.75, 3.05) is 13.2 Å². The summed E-state index contributed by atoms with van der Waals surface area (Å²) in [5.74, 6) is -0.236. The van der Waals surface area contributed by atoms with Gasteiger partial charge in [0.1, 0.15) is 0 Å². The second-order valence-electron chi connectivity index (χ2n) is 6.66. The molecule has 1 heterocycles. The van der Waals surface area contributed by atoms with Crippen molar-refractivity contribution in [1.82, 2.24) is 0 Å². The molecule has 0 saturated carbocycles. The molecular formula is C16H21O3Zn-. The second-order valence-corrected chi connectivity index (χ2v) is 6.66. The number of fused-ring (bicyclic) bond motifs is 2. The quantitative estimate of drug-likeness (QED) is 0.390. The van der Waals surface area contributed by atoms with Gasteiger partial charge in [-0.2, -0.15) is 0 Å². The molecule has 0 bridgehead atoms. The van der Waals surface area contributed by atoms with E-state index in [1.807, 2.05) is 19.9 Å². The van der Waals surface area contributed by atoms with Crippen LogP contribution in [0.1, 0.15) is 34.1 Å². The zero-order valence-corrected chi connectivity index (χ0v) is 15.8. The van der Waals surface area contributed by atoms with Gasteiger partial charge in [-0.15, -0.1) is 0 Å². The number of ether oxygens (including phenoxy) is 2. The molecule has 0 radical (unpaired) electrons. The fourth-order valence-corrected chi connectivity index (χ4v) is 3.79. The topological polar surface area (TPSA) is 35.5 Å². The summed E-state index contributed by atoms with van der Waals surface area (Å²) in [5, 5.41) is 0. The van der Waals surface area contributed by atoms with Crippen LogP contribution < -0.4 is 0 Å². The molecule has 3 nitrogen and oxygen atoms in total. The third-order valence-corrected chi connectivity index (χ3v) is 4.88. The number of rotatable bonds is 0. The summed E-state index contributed by atoms with van der Waals surface area (Å²) in [6.45, 7) is 9.45. The van der Waals surface area contributed by atoms with Crippen LogP contribution >= 0.6 is 0 Å². The van der Waals surface area contributed by atoms with E-state index in [1.165, 1.54) is 0 Å². The fraction of sp³-hybridized carbons (Fsp3) is 0.688. The number of hydrogen-bond donors (Lipinski definition) is 0. The van der Waals surface area contributed by atoms with Gasteiger partial charge in [-0.05, 0) is 18.6 Å². The number of Topliss-reactive ketones (excluding diaryl/α,β-unsaturated/α-hetero) is 1. The van der Waals surface area contributed by atoms with E-state index in [1.54, 1.807) is 0 Å². The Morgan fingerprint density at radius 3 is 2.45 bits per heavy atom. The molecule has 20 heavy (non-hydrogen) atoms. The summed E-state index contributed by atoms with van der Waals surface area (Å²) in [6.07, 6.45) is 7.83. The summed E-state index contributed by atoms with van der Waals surface area (Å²) in [6, 6.07) is 0. The van der Waals surface area contributed by atoms with Crippen molar-refractivity contribution in [2.24, 2.45) is 16.7 Å². The van der Waals surface area contributed by atoms with Crippen LogP contribution in [-0.2, 0) is 33.7 Å². The Hall–Kier alpha value is -0.307. The molecule has 0 N–H and O–H groups in total. The van der Waals surface area contributed by atoms with E-state index >= 15 is 0 Å². The summed E-state index contributed by atoms with van der Waals surface area (Å²) >= 11 is 0. The van der Waals surface area contributed by atoms with E-state index in [9.17, 15) is 4.79 Å². The predicted octanol–water partition coefficient (Wildman–Crippen LogP) is 2.67. The molecule has 0 aromatic heterocycles. The molecule has 0 unspecified atom stereocenters. The molecule has 1 fully saturated rings. The zero-order valence-electron chi connectivity index (χ0n) is 12.8. The molecule has 0 aromatic carbocycles. The Morgan fingerprint density at radius 1 is 1.25 bits per heavy atom. The van der Waals surface area contributed by atoms with Crippen LogP contribution in [0.25, 0.3) is 0 Å².